The standard InChI is InChI=1S/C23H19N3O5/c1-12-9-19(20-11-29-17-5-3-4-6-18(17)30-20)31-23(28)21(12)22(27)26-14-7-8-15-16(10-14)25-13(2)24-15/h3-10,20H,11H2,1-2H3,(H,24,25)(H,26,27). The molecule has 1 aliphatic rings. The minimum absolute atomic E-state index is 0.0539. The summed E-state index contributed by atoms with van der Waals surface area (Å²) < 4.78 is 17.0. The number of carbonyl (C=O) groups excluding carboxylic acids is 1. The highest BCUT2D eigenvalue weighted by Crippen LogP contribution is 2.35. The van der Waals surface area contributed by atoms with Gasteiger partial charge in [0, 0.05) is 5.69 Å². The summed E-state index contributed by atoms with van der Waals surface area (Å²) >= 11 is 0. The molecule has 0 fully saturated rings. The summed E-state index contributed by atoms with van der Waals surface area (Å²) in [7, 11) is 0. The maximum atomic E-state index is 12.8. The number of amides is 1. The number of aromatic nitrogens is 2. The van der Waals surface area contributed by atoms with Crippen molar-refractivity contribution in [1.82, 2.24) is 9.97 Å². The number of benzene rings is 2. The first-order chi connectivity index (χ1) is 15.0. The summed E-state index contributed by atoms with van der Waals surface area (Å²) in [5.41, 5.74) is 1.85. The smallest absolute Gasteiger partial charge is 0.349 e. The van der Waals surface area contributed by atoms with Gasteiger partial charge in [0.05, 0.1) is 11.0 Å². The van der Waals surface area contributed by atoms with E-state index in [1.165, 1.54) is 0 Å². The Morgan fingerprint density at radius 2 is 1.94 bits per heavy atom. The van der Waals surface area contributed by atoms with E-state index in [0.717, 1.165) is 16.9 Å². The maximum absolute atomic E-state index is 12.8. The molecule has 0 bridgehead atoms. The van der Waals surface area contributed by atoms with Gasteiger partial charge in [-0.1, -0.05) is 12.1 Å². The molecule has 1 aliphatic heterocycles. The number of ether oxygens (including phenoxy) is 2. The van der Waals surface area contributed by atoms with Crippen LogP contribution in [-0.4, -0.2) is 22.5 Å². The Morgan fingerprint density at radius 3 is 2.74 bits per heavy atom. The number of para-hydroxylation sites is 2. The molecule has 0 saturated heterocycles. The molecule has 2 N–H and O–H groups in total. The topological polar surface area (TPSA) is 106 Å². The third-order valence-electron chi connectivity index (χ3n) is 5.08. The second-order valence-electron chi connectivity index (χ2n) is 7.37. The Kier molecular flexibility index (Phi) is 4.47. The monoisotopic (exact) mass is 417 g/mol. The van der Waals surface area contributed by atoms with Crippen LogP contribution >= 0.6 is 0 Å². The molecule has 5 rings (SSSR count). The molecule has 8 heteroatoms. The van der Waals surface area contributed by atoms with Gasteiger partial charge in [0.15, 0.2) is 23.4 Å². The lowest BCUT2D eigenvalue weighted by Crippen LogP contribution is -2.26. The summed E-state index contributed by atoms with van der Waals surface area (Å²) in [4.78, 5) is 32.9. The first kappa shape index (κ1) is 18.9. The van der Waals surface area contributed by atoms with Gasteiger partial charge in [0.25, 0.3) is 5.91 Å². The number of aromatic amines is 1. The van der Waals surface area contributed by atoms with E-state index in [9.17, 15) is 9.59 Å². The van der Waals surface area contributed by atoms with Crippen LogP contribution in [0.2, 0.25) is 0 Å². The molecule has 31 heavy (non-hydrogen) atoms. The van der Waals surface area contributed by atoms with Gasteiger partial charge < -0.3 is 24.2 Å². The van der Waals surface area contributed by atoms with Crippen molar-refractivity contribution in [1.29, 1.82) is 0 Å². The highest BCUT2D eigenvalue weighted by atomic mass is 16.6. The average Bonchev–Trinajstić information content (AvgIpc) is 3.12. The Balaban J connectivity index is 1.39. The summed E-state index contributed by atoms with van der Waals surface area (Å²) in [6.45, 7) is 3.75. The van der Waals surface area contributed by atoms with Gasteiger partial charge >= 0.3 is 5.63 Å². The summed E-state index contributed by atoms with van der Waals surface area (Å²) in [5.74, 6) is 1.76. The van der Waals surface area contributed by atoms with Crippen molar-refractivity contribution in [3.8, 4) is 11.5 Å². The number of carbonyl (C=O) groups is 1. The van der Waals surface area contributed by atoms with Crippen molar-refractivity contribution in [2.24, 2.45) is 0 Å². The van der Waals surface area contributed by atoms with Crippen LogP contribution in [0.4, 0.5) is 5.69 Å². The fourth-order valence-electron chi connectivity index (χ4n) is 3.63. The lowest BCUT2D eigenvalue weighted by atomic mass is 10.1. The third-order valence-corrected chi connectivity index (χ3v) is 5.08. The summed E-state index contributed by atoms with van der Waals surface area (Å²) in [6.07, 6.45) is -0.579. The van der Waals surface area contributed by atoms with Crippen LogP contribution in [0, 0.1) is 13.8 Å². The van der Waals surface area contributed by atoms with Crippen LogP contribution in [0.3, 0.4) is 0 Å². The molecule has 0 spiro atoms. The second kappa shape index (κ2) is 7.32. The zero-order valence-corrected chi connectivity index (χ0v) is 16.9. The molecule has 2 aromatic carbocycles. The van der Waals surface area contributed by atoms with E-state index in [4.69, 9.17) is 13.9 Å². The lowest BCUT2D eigenvalue weighted by molar-refractivity contribution is 0.0723. The molecule has 156 valence electrons. The van der Waals surface area contributed by atoms with Crippen LogP contribution in [0.25, 0.3) is 11.0 Å². The van der Waals surface area contributed by atoms with E-state index >= 15 is 0 Å². The van der Waals surface area contributed by atoms with Gasteiger partial charge in [0.1, 0.15) is 18.0 Å². The number of nitrogens with zero attached hydrogens (tertiary/aromatic N) is 1. The van der Waals surface area contributed by atoms with Crippen LogP contribution in [-0.2, 0) is 0 Å². The molecule has 2 aromatic heterocycles. The van der Waals surface area contributed by atoms with E-state index in [1.807, 2.05) is 25.1 Å². The van der Waals surface area contributed by atoms with Crippen molar-refractivity contribution in [3.63, 3.8) is 0 Å². The Bertz CT molecular complexity index is 1370. The normalized spacial score (nSPS) is 15.1. The van der Waals surface area contributed by atoms with Crippen LogP contribution in [0.15, 0.2) is 57.7 Å². The SMILES string of the molecule is Cc1nc2ccc(NC(=O)c3c(C)cc(C4COc5ccccc5O4)oc3=O)cc2[nH]1. The van der Waals surface area contributed by atoms with Gasteiger partial charge in [0.2, 0.25) is 0 Å². The zero-order valence-electron chi connectivity index (χ0n) is 16.9. The number of fused-ring (bicyclic) bond motifs is 2. The number of hydrogen-bond donors (Lipinski definition) is 2. The maximum Gasteiger partial charge on any atom is 0.349 e. The summed E-state index contributed by atoms with van der Waals surface area (Å²) in [6, 6.07) is 14.2. The van der Waals surface area contributed by atoms with Crippen LogP contribution in [0.1, 0.15) is 33.6 Å². The van der Waals surface area contributed by atoms with Crippen molar-refractivity contribution >= 4 is 22.6 Å². The molecule has 8 nitrogen and oxygen atoms in total. The number of nitrogens with one attached hydrogen (secondary N) is 2. The fraction of sp³-hybridized carbons (Fsp3) is 0.174. The first-order valence-corrected chi connectivity index (χ1v) is 9.79. The number of anilines is 1. The van der Waals surface area contributed by atoms with E-state index in [0.29, 0.717) is 28.5 Å². The second-order valence-corrected chi connectivity index (χ2v) is 7.37. The van der Waals surface area contributed by atoms with Crippen molar-refractivity contribution in [2.75, 3.05) is 11.9 Å². The van der Waals surface area contributed by atoms with Gasteiger partial charge in [-0.3, -0.25) is 4.79 Å². The highest BCUT2D eigenvalue weighted by molar-refractivity contribution is 6.05. The number of aryl methyl sites for hydroxylation is 2. The van der Waals surface area contributed by atoms with Crippen LogP contribution < -0.4 is 20.4 Å². The molecule has 0 aliphatic carbocycles. The van der Waals surface area contributed by atoms with Crippen LogP contribution in [0.5, 0.6) is 11.5 Å². The quantitative estimate of drug-likeness (QED) is 0.524. The molecular weight excluding hydrogens is 398 g/mol. The van der Waals surface area contributed by atoms with Gasteiger partial charge in [-0.05, 0) is 55.8 Å². The molecule has 1 unspecified atom stereocenters. The van der Waals surface area contributed by atoms with Crippen molar-refractivity contribution < 1.29 is 18.7 Å². The predicted molar refractivity (Wildman–Crippen MR) is 114 cm³/mol. The first-order valence-electron chi connectivity index (χ1n) is 9.79. The Hall–Kier alpha value is -4.07. The number of imidazole rings is 1. The molecule has 0 radical (unpaired) electrons. The van der Waals surface area contributed by atoms with E-state index in [1.54, 1.807) is 37.3 Å². The molecule has 1 atom stereocenters. The van der Waals surface area contributed by atoms with E-state index in [-0.39, 0.29) is 12.2 Å². The van der Waals surface area contributed by atoms with E-state index < -0.39 is 17.6 Å². The molecule has 4 aromatic rings. The largest absolute Gasteiger partial charge is 0.485 e. The van der Waals surface area contributed by atoms with Gasteiger partial charge in [-0.2, -0.15) is 0 Å². The molecular formula is C23H19N3O5. The predicted octanol–water partition coefficient (Wildman–Crippen LogP) is 3.90. The minimum Gasteiger partial charge on any atom is -0.485 e. The number of H-pyrrole nitrogens is 1. The minimum atomic E-state index is -0.728. The molecule has 1 amide bonds. The highest BCUT2D eigenvalue weighted by Gasteiger charge is 2.27. The molecule has 3 heterocycles. The fourth-order valence-corrected chi connectivity index (χ4v) is 3.63. The van der Waals surface area contributed by atoms with Crippen molar-refractivity contribution in [2.45, 2.75) is 20.0 Å². The van der Waals surface area contributed by atoms with Gasteiger partial charge in [-0.25, -0.2) is 9.78 Å². The van der Waals surface area contributed by atoms with Gasteiger partial charge in [-0.15, -0.1) is 0 Å². The summed E-state index contributed by atoms with van der Waals surface area (Å²) in [5, 5.41) is 2.75. The number of rotatable bonds is 3. The Morgan fingerprint density at radius 1 is 1.13 bits per heavy atom. The average molecular weight is 417 g/mol. The third kappa shape index (κ3) is 3.52. The van der Waals surface area contributed by atoms with Crippen molar-refractivity contribution in [3.05, 3.63) is 81.7 Å². The van der Waals surface area contributed by atoms with E-state index in [2.05, 4.69) is 15.3 Å². The lowest BCUT2D eigenvalue weighted by Gasteiger charge is -2.25. The molecule has 0 saturated carbocycles. The Labute approximate surface area is 176 Å². The number of hydrogen-bond acceptors (Lipinski definition) is 6. The zero-order chi connectivity index (χ0) is 21.5.